The molecule has 0 rings (SSSR count). The van der Waals surface area contributed by atoms with Gasteiger partial charge in [0.25, 0.3) is 0 Å². The maximum absolute atomic E-state index is 9.67. The summed E-state index contributed by atoms with van der Waals surface area (Å²) in [6.07, 6.45) is 4.13. The van der Waals surface area contributed by atoms with Crippen LogP contribution in [-0.2, 0) is 0 Å². The standard InChI is InChI=1S/C12H18N4O2/c1-5-9(15-13)11(17)7-14-16-10(6-2)12(18)8(3)4/h5-7,13,17-18H,1-4H3/b9-5+,10-6+,11-7+,15-13?,16-14-. The van der Waals surface area contributed by atoms with Crippen molar-refractivity contribution in [2.75, 3.05) is 0 Å². The Labute approximate surface area is 106 Å². The van der Waals surface area contributed by atoms with Gasteiger partial charge >= 0.3 is 0 Å². The summed E-state index contributed by atoms with van der Waals surface area (Å²) in [4.78, 5) is 0. The van der Waals surface area contributed by atoms with Gasteiger partial charge in [0.05, 0.1) is 6.20 Å². The van der Waals surface area contributed by atoms with E-state index in [2.05, 4.69) is 15.3 Å². The topological polar surface area (TPSA) is 101 Å². The van der Waals surface area contributed by atoms with Crippen molar-refractivity contribution in [3.63, 3.8) is 0 Å². The van der Waals surface area contributed by atoms with E-state index in [0.717, 1.165) is 6.20 Å². The Bertz CT molecular complexity index is 453. The van der Waals surface area contributed by atoms with Crippen molar-refractivity contribution in [3.05, 3.63) is 46.8 Å². The molecular formula is C12H18N4O2. The predicted octanol–water partition coefficient (Wildman–Crippen LogP) is 4.53. The van der Waals surface area contributed by atoms with Crippen LogP contribution in [0.3, 0.4) is 0 Å². The second-order valence-electron chi connectivity index (χ2n) is 3.54. The van der Waals surface area contributed by atoms with Gasteiger partial charge in [-0.15, -0.1) is 5.11 Å². The first-order valence-electron chi connectivity index (χ1n) is 5.35. The lowest BCUT2D eigenvalue weighted by atomic mass is 10.2. The summed E-state index contributed by atoms with van der Waals surface area (Å²) in [6.45, 7) is 6.85. The largest absolute Gasteiger partial charge is 0.506 e. The first-order chi connectivity index (χ1) is 8.47. The van der Waals surface area contributed by atoms with Crippen LogP contribution in [0, 0.1) is 5.53 Å². The van der Waals surface area contributed by atoms with Crippen LogP contribution < -0.4 is 0 Å². The van der Waals surface area contributed by atoms with Gasteiger partial charge in [0.2, 0.25) is 0 Å². The molecule has 0 heterocycles. The van der Waals surface area contributed by atoms with Gasteiger partial charge in [0, 0.05) is 0 Å². The van der Waals surface area contributed by atoms with Crippen molar-refractivity contribution in [2.24, 2.45) is 15.3 Å². The number of hydrogen-bond acceptors (Lipinski definition) is 6. The van der Waals surface area contributed by atoms with Gasteiger partial charge in [0.1, 0.15) is 17.2 Å². The molecule has 0 fully saturated rings. The molecular weight excluding hydrogens is 232 g/mol. The van der Waals surface area contributed by atoms with Crippen LogP contribution >= 0.6 is 0 Å². The number of nitrogens with one attached hydrogen (secondary N) is 1. The van der Waals surface area contributed by atoms with Crippen LogP contribution in [0.4, 0.5) is 0 Å². The fourth-order valence-electron chi connectivity index (χ4n) is 0.980. The zero-order chi connectivity index (χ0) is 14.1. The van der Waals surface area contributed by atoms with Crippen LogP contribution in [0.2, 0.25) is 0 Å². The zero-order valence-electron chi connectivity index (χ0n) is 11.0. The first-order valence-corrected chi connectivity index (χ1v) is 5.35. The highest BCUT2D eigenvalue weighted by Crippen LogP contribution is 2.14. The Hall–Kier alpha value is -2.24. The Balaban J connectivity index is 5.03. The van der Waals surface area contributed by atoms with E-state index >= 15 is 0 Å². The minimum Gasteiger partial charge on any atom is -0.506 e. The van der Waals surface area contributed by atoms with Crippen LogP contribution in [0.25, 0.3) is 0 Å². The van der Waals surface area contributed by atoms with Crippen molar-refractivity contribution >= 4 is 0 Å². The Morgan fingerprint density at radius 3 is 2.00 bits per heavy atom. The summed E-state index contributed by atoms with van der Waals surface area (Å²) in [5.41, 5.74) is 7.92. The lowest BCUT2D eigenvalue weighted by Crippen LogP contribution is -1.87. The fraction of sp³-hybridized carbons (Fsp3) is 0.333. The SMILES string of the molecule is C/C=C(/N=N\C=C(O)/C(=C\C)N=N)C(O)=C(C)C. The summed E-state index contributed by atoms with van der Waals surface area (Å²) in [7, 11) is 0. The van der Waals surface area contributed by atoms with E-state index < -0.39 is 0 Å². The molecule has 0 aromatic rings. The average Bonchev–Trinajstić information content (AvgIpc) is 2.35. The number of hydrogen-bond donors (Lipinski definition) is 3. The van der Waals surface area contributed by atoms with Crippen molar-refractivity contribution < 1.29 is 10.2 Å². The third-order valence-corrected chi connectivity index (χ3v) is 1.99. The lowest BCUT2D eigenvalue weighted by Gasteiger charge is -2.00. The molecule has 0 amide bonds. The molecule has 0 saturated heterocycles. The molecule has 0 atom stereocenters. The number of aliphatic hydroxyl groups excluding tert-OH is 2. The number of nitrogens with zero attached hydrogens (tertiary/aromatic N) is 3. The molecule has 98 valence electrons. The maximum atomic E-state index is 9.67. The van der Waals surface area contributed by atoms with Gasteiger partial charge in [-0.1, -0.05) is 12.2 Å². The third kappa shape index (κ3) is 4.73. The van der Waals surface area contributed by atoms with Gasteiger partial charge in [-0.2, -0.15) is 10.2 Å². The van der Waals surface area contributed by atoms with Crippen LogP contribution in [-0.4, -0.2) is 10.2 Å². The molecule has 0 aliphatic rings. The van der Waals surface area contributed by atoms with Gasteiger partial charge < -0.3 is 10.2 Å². The molecule has 6 nitrogen and oxygen atoms in total. The van der Waals surface area contributed by atoms with Gasteiger partial charge in [-0.3, -0.25) is 0 Å². The molecule has 0 radical (unpaired) electrons. The molecule has 0 unspecified atom stereocenters. The number of allylic oxidation sites excluding steroid dienone is 3. The third-order valence-electron chi connectivity index (χ3n) is 1.99. The first kappa shape index (κ1) is 15.8. The predicted molar refractivity (Wildman–Crippen MR) is 69.2 cm³/mol. The van der Waals surface area contributed by atoms with Gasteiger partial charge in [0.15, 0.2) is 5.76 Å². The van der Waals surface area contributed by atoms with E-state index in [4.69, 9.17) is 5.53 Å². The summed E-state index contributed by atoms with van der Waals surface area (Å²) in [5, 5.41) is 29.6. The summed E-state index contributed by atoms with van der Waals surface area (Å²) >= 11 is 0. The number of azo groups is 1. The van der Waals surface area contributed by atoms with Crippen molar-refractivity contribution in [1.29, 1.82) is 5.53 Å². The van der Waals surface area contributed by atoms with Crippen LogP contribution in [0.1, 0.15) is 27.7 Å². The maximum Gasteiger partial charge on any atom is 0.163 e. The molecule has 0 aliphatic heterocycles. The van der Waals surface area contributed by atoms with Crippen molar-refractivity contribution in [2.45, 2.75) is 27.7 Å². The molecule has 0 aliphatic carbocycles. The molecule has 0 aromatic carbocycles. The highest BCUT2D eigenvalue weighted by molar-refractivity contribution is 5.26. The molecule has 0 saturated carbocycles. The number of rotatable bonds is 5. The monoisotopic (exact) mass is 250 g/mol. The van der Waals surface area contributed by atoms with E-state index in [1.165, 1.54) is 6.08 Å². The molecule has 0 aromatic heterocycles. The van der Waals surface area contributed by atoms with Crippen molar-refractivity contribution in [3.8, 4) is 0 Å². The van der Waals surface area contributed by atoms with Crippen LogP contribution in [0.15, 0.2) is 62.2 Å². The smallest absolute Gasteiger partial charge is 0.163 e. The van der Waals surface area contributed by atoms with Gasteiger partial charge in [-0.05, 0) is 33.3 Å². The summed E-state index contributed by atoms with van der Waals surface area (Å²) in [6, 6.07) is 0. The van der Waals surface area contributed by atoms with E-state index in [-0.39, 0.29) is 17.2 Å². The zero-order valence-corrected chi connectivity index (χ0v) is 11.0. The molecule has 6 heteroatoms. The molecule has 18 heavy (non-hydrogen) atoms. The molecule has 0 spiro atoms. The lowest BCUT2D eigenvalue weighted by molar-refractivity contribution is 0.412. The minimum atomic E-state index is -0.261. The molecule has 0 bridgehead atoms. The second kappa shape index (κ2) is 7.94. The van der Waals surface area contributed by atoms with E-state index in [1.54, 1.807) is 33.8 Å². The van der Waals surface area contributed by atoms with E-state index in [9.17, 15) is 10.2 Å². The Morgan fingerprint density at radius 1 is 1.06 bits per heavy atom. The number of aliphatic hydroxyl groups is 2. The second-order valence-corrected chi connectivity index (χ2v) is 3.54. The van der Waals surface area contributed by atoms with Crippen molar-refractivity contribution in [1.82, 2.24) is 0 Å². The molecule has 3 N–H and O–H groups in total. The van der Waals surface area contributed by atoms with Crippen LogP contribution in [0.5, 0.6) is 0 Å². The minimum absolute atomic E-state index is 0.0468. The quantitative estimate of drug-likeness (QED) is 0.379. The Morgan fingerprint density at radius 2 is 1.61 bits per heavy atom. The normalized spacial score (nSPS) is 13.9. The van der Waals surface area contributed by atoms with E-state index in [0.29, 0.717) is 11.3 Å². The van der Waals surface area contributed by atoms with Gasteiger partial charge in [-0.25, -0.2) is 5.53 Å². The summed E-state index contributed by atoms with van der Waals surface area (Å²) < 4.78 is 0. The fourth-order valence-corrected chi connectivity index (χ4v) is 0.980. The highest BCUT2D eigenvalue weighted by atomic mass is 16.3. The Kier molecular flexibility index (Phi) is 6.95. The van der Waals surface area contributed by atoms with E-state index in [1.807, 2.05) is 0 Å². The highest BCUT2D eigenvalue weighted by Gasteiger charge is 2.02. The summed E-state index contributed by atoms with van der Waals surface area (Å²) in [5.74, 6) is -0.214. The average molecular weight is 250 g/mol.